The first-order valence-electron chi connectivity index (χ1n) is 8.84. The van der Waals surface area contributed by atoms with Crippen LogP contribution in [0.4, 0.5) is 0 Å². The van der Waals surface area contributed by atoms with Gasteiger partial charge in [-0.3, -0.25) is 0 Å². The highest BCUT2D eigenvalue weighted by Crippen LogP contribution is 2.29. The van der Waals surface area contributed by atoms with E-state index in [1.807, 2.05) is 6.92 Å². The molecular formula is C17H34N2O. The average molecular weight is 282 g/mol. The molecule has 20 heavy (non-hydrogen) atoms. The first-order valence-corrected chi connectivity index (χ1v) is 8.84. The molecule has 1 saturated carbocycles. The number of nitrogens with zero attached hydrogens (tertiary/aromatic N) is 1. The van der Waals surface area contributed by atoms with Crippen molar-refractivity contribution in [3.63, 3.8) is 0 Å². The Morgan fingerprint density at radius 2 is 1.95 bits per heavy atom. The monoisotopic (exact) mass is 282 g/mol. The van der Waals surface area contributed by atoms with Crippen LogP contribution in [0.25, 0.3) is 0 Å². The standard InChI is InChI=1S/C17H34N2O/c1-3-17(20)7-10-18-15-8-11-19(12-9-15)16-6-4-5-14(2)13-16/h14-18,20H,3-13H2,1-2H3. The van der Waals surface area contributed by atoms with Crippen LogP contribution in [0.2, 0.25) is 0 Å². The van der Waals surface area contributed by atoms with E-state index in [-0.39, 0.29) is 6.10 Å². The van der Waals surface area contributed by atoms with Crippen LogP contribution in [-0.4, -0.2) is 47.8 Å². The van der Waals surface area contributed by atoms with Gasteiger partial charge in [-0.1, -0.05) is 26.7 Å². The Morgan fingerprint density at radius 3 is 2.60 bits per heavy atom. The number of aliphatic hydroxyl groups is 1. The van der Waals surface area contributed by atoms with E-state index in [1.54, 1.807) is 0 Å². The summed E-state index contributed by atoms with van der Waals surface area (Å²) in [6.07, 6.45) is 9.93. The van der Waals surface area contributed by atoms with E-state index in [4.69, 9.17) is 0 Å². The van der Waals surface area contributed by atoms with Crippen LogP contribution >= 0.6 is 0 Å². The maximum Gasteiger partial charge on any atom is 0.0549 e. The molecule has 2 N–H and O–H groups in total. The van der Waals surface area contributed by atoms with Crippen LogP contribution in [0.3, 0.4) is 0 Å². The van der Waals surface area contributed by atoms with E-state index in [2.05, 4.69) is 17.1 Å². The molecule has 0 aromatic carbocycles. The molecule has 3 nitrogen and oxygen atoms in total. The maximum absolute atomic E-state index is 9.58. The topological polar surface area (TPSA) is 35.5 Å². The van der Waals surface area contributed by atoms with Crippen molar-refractivity contribution < 1.29 is 5.11 Å². The first kappa shape index (κ1) is 16.3. The second kappa shape index (κ2) is 8.35. The third-order valence-corrected chi connectivity index (χ3v) is 5.34. The predicted octanol–water partition coefficient (Wildman–Crippen LogP) is 2.78. The third-order valence-electron chi connectivity index (χ3n) is 5.34. The molecule has 1 aliphatic heterocycles. The lowest BCUT2D eigenvalue weighted by Crippen LogP contribution is -2.48. The predicted molar refractivity (Wildman–Crippen MR) is 84.9 cm³/mol. The smallest absolute Gasteiger partial charge is 0.0549 e. The van der Waals surface area contributed by atoms with Crippen molar-refractivity contribution in [3.8, 4) is 0 Å². The molecule has 0 bridgehead atoms. The fourth-order valence-corrected chi connectivity index (χ4v) is 3.86. The molecule has 3 atom stereocenters. The van der Waals surface area contributed by atoms with Crippen LogP contribution in [0, 0.1) is 5.92 Å². The van der Waals surface area contributed by atoms with Crippen LogP contribution in [-0.2, 0) is 0 Å². The zero-order chi connectivity index (χ0) is 14.4. The van der Waals surface area contributed by atoms with E-state index in [0.29, 0.717) is 6.04 Å². The number of nitrogens with one attached hydrogen (secondary N) is 1. The number of piperidine rings is 1. The molecule has 0 radical (unpaired) electrons. The number of rotatable bonds is 6. The molecule has 0 amide bonds. The molecule has 1 heterocycles. The first-order chi connectivity index (χ1) is 9.69. The lowest BCUT2D eigenvalue weighted by atomic mass is 9.85. The molecule has 3 unspecified atom stereocenters. The molecule has 0 aromatic heterocycles. The minimum Gasteiger partial charge on any atom is -0.393 e. The van der Waals surface area contributed by atoms with Crippen LogP contribution in [0.5, 0.6) is 0 Å². The molecule has 0 spiro atoms. The summed E-state index contributed by atoms with van der Waals surface area (Å²) in [5.41, 5.74) is 0. The Morgan fingerprint density at radius 1 is 1.20 bits per heavy atom. The zero-order valence-corrected chi connectivity index (χ0v) is 13.5. The highest BCUT2D eigenvalue weighted by atomic mass is 16.3. The van der Waals surface area contributed by atoms with Crippen molar-refractivity contribution in [2.45, 2.75) is 83.4 Å². The Balaban J connectivity index is 1.62. The van der Waals surface area contributed by atoms with Gasteiger partial charge in [0.15, 0.2) is 0 Å². The quantitative estimate of drug-likeness (QED) is 0.786. The van der Waals surface area contributed by atoms with Gasteiger partial charge in [-0.25, -0.2) is 0 Å². The van der Waals surface area contributed by atoms with Crippen molar-refractivity contribution >= 4 is 0 Å². The zero-order valence-electron chi connectivity index (χ0n) is 13.5. The summed E-state index contributed by atoms with van der Waals surface area (Å²) >= 11 is 0. The summed E-state index contributed by atoms with van der Waals surface area (Å²) < 4.78 is 0. The van der Waals surface area contributed by atoms with E-state index in [0.717, 1.165) is 31.3 Å². The third kappa shape index (κ3) is 5.01. The molecule has 118 valence electrons. The van der Waals surface area contributed by atoms with Crippen molar-refractivity contribution in [1.82, 2.24) is 10.2 Å². The fraction of sp³-hybridized carbons (Fsp3) is 1.00. The molecule has 1 aliphatic carbocycles. The number of hydrogen-bond acceptors (Lipinski definition) is 3. The summed E-state index contributed by atoms with van der Waals surface area (Å²) in [4.78, 5) is 2.74. The summed E-state index contributed by atoms with van der Waals surface area (Å²) in [7, 11) is 0. The van der Waals surface area contributed by atoms with E-state index >= 15 is 0 Å². The summed E-state index contributed by atoms with van der Waals surface area (Å²) in [5.74, 6) is 0.931. The molecule has 2 aliphatic rings. The Labute approximate surface area is 125 Å². The lowest BCUT2D eigenvalue weighted by Gasteiger charge is -2.41. The van der Waals surface area contributed by atoms with Gasteiger partial charge in [-0.15, -0.1) is 0 Å². The van der Waals surface area contributed by atoms with E-state index in [1.165, 1.54) is 51.6 Å². The fourth-order valence-electron chi connectivity index (χ4n) is 3.86. The van der Waals surface area contributed by atoms with Gasteiger partial charge < -0.3 is 15.3 Å². The van der Waals surface area contributed by atoms with E-state index < -0.39 is 0 Å². The van der Waals surface area contributed by atoms with Gasteiger partial charge in [-0.05, 0) is 64.1 Å². The largest absolute Gasteiger partial charge is 0.393 e. The van der Waals surface area contributed by atoms with Gasteiger partial charge in [0.1, 0.15) is 0 Å². The molecule has 0 aromatic rings. The van der Waals surface area contributed by atoms with Crippen LogP contribution < -0.4 is 5.32 Å². The Kier molecular flexibility index (Phi) is 6.79. The summed E-state index contributed by atoms with van der Waals surface area (Å²) in [5, 5.41) is 13.2. The summed E-state index contributed by atoms with van der Waals surface area (Å²) in [6.45, 7) is 7.98. The minimum absolute atomic E-state index is 0.119. The van der Waals surface area contributed by atoms with E-state index in [9.17, 15) is 5.11 Å². The van der Waals surface area contributed by atoms with Gasteiger partial charge >= 0.3 is 0 Å². The van der Waals surface area contributed by atoms with Crippen LogP contribution in [0.1, 0.15) is 65.2 Å². The Bertz CT molecular complexity index is 264. The number of hydrogen-bond donors (Lipinski definition) is 2. The van der Waals surface area contributed by atoms with Crippen LogP contribution in [0.15, 0.2) is 0 Å². The molecule has 2 fully saturated rings. The second-order valence-electron chi connectivity index (χ2n) is 7.04. The van der Waals surface area contributed by atoms with Crippen molar-refractivity contribution in [2.75, 3.05) is 19.6 Å². The normalized spacial score (nSPS) is 31.4. The molecule has 3 heteroatoms. The minimum atomic E-state index is -0.119. The van der Waals surface area contributed by atoms with Gasteiger partial charge in [0.2, 0.25) is 0 Å². The average Bonchev–Trinajstić information content (AvgIpc) is 2.48. The highest BCUT2D eigenvalue weighted by Gasteiger charge is 2.27. The summed E-state index contributed by atoms with van der Waals surface area (Å²) in [6, 6.07) is 1.54. The highest BCUT2D eigenvalue weighted by molar-refractivity contribution is 4.84. The molecule has 2 rings (SSSR count). The van der Waals surface area contributed by atoms with Gasteiger partial charge in [-0.2, -0.15) is 0 Å². The lowest BCUT2D eigenvalue weighted by molar-refractivity contribution is 0.0985. The second-order valence-corrected chi connectivity index (χ2v) is 7.04. The van der Waals surface area contributed by atoms with Crippen molar-refractivity contribution in [2.24, 2.45) is 5.92 Å². The number of likely N-dealkylation sites (tertiary alicyclic amines) is 1. The number of aliphatic hydroxyl groups excluding tert-OH is 1. The Hall–Kier alpha value is -0.120. The molecule has 1 saturated heterocycles. The van der Waals surface area contributed by atoms with Gasteiger partial charge in [0.05, 0.1) is 6.10 Å². The SMILES string of the molecule is CCC(O)CCNC1CCN(C2CCCC(C)C2)CC1. The van der Waals surface area contributed by atoms with Gasteiger partial charge in [0, 0.05) is 12.1 Å². The molecular weight excluding hydrogens is 248 g/mol. The van der Waals surface area contributed by atoms with Crippen molar-refractivity contribution in [3.05, 3.63) is 0 Å². The van der Waals surface area contributed by atoms with Crippen molar-refractivity contribution in [1.29, 1.82) is 0 Å². The van der Waals surface area contributed by atoms with Gasteiger partial charge in [0.25, 0.3) is 0 Å². The maximum atomic E-state index is 9.58.